The number of amides is 1. The summed E-state index contributed by atoms with van der Waals surface area (Å²) in [7, 11) is 2.15. The van der Waals surface area contributed by atoms with Crippen molar-refractivity contribution < 1.29 is 9.53 Å². The third-order valence-electron chi connectivity index (χ3n) is 6.03. The number of ether oxygens (including phenoxy) is 1. The second-order valence-corrected chi connectivity index (χ2v) is 7.96. The zero-order valence-corrected chi connectivity index (χ0v) is 16.2. The van der Waals surface area contributed by atoms with Crippen molar-refractivity contribution in [1.82, 2.24) is 24.7 Å². The summed E-state index contributed by atoms with van der Waals surface area (Å²) in [5.41, 5.74) is -0.0366. The summed E-state index contributed by atoms with van der Waals surface area (Å²) >= 11 is 0. The lowest BCUT2D eigenvalue weighted by Gasteiger charge is -2.46. The monoisotopic (exact) mass is 374 g/mol. The number of hydrogen-bond donors (Lipinski definition) is 0. The maximum Gasteiger partial charge on any atom is 0.236 e. The molecule has 0 unspecified atom stereocenters. The minimum Gasteiger partial charge on any atom is -0.372 e. The molecule has 148 valence electrons. The molecule has 1 aromatic rings. The van der Waals surface area contributed by atoms with Crippen molar-refractivity contribution in [3.05, 3.63) is 18.5 Å². The SMILES string of the molecule is CN1CCOC2(CCN(C(=O)CN3CCN(c4ncccn4)CC3)CC2)C1. The van der Waals surface area contributed by atoms with Crippen LogP contribution in [0, 0.1) is 0 Å². The van der Waals surface area contributed by atoms with Gasteiger partial charge in [0.1, 0.15) is 0 Å². The van der Waals surface area contributed by atoms with Crippen LogP contribution in [-0.4, -0.2) is 109 Å². The quantitative estimate of drug-likeness (QED) is 0.733. The fourth-order valence-electron chi connectivity index (χ4n) is 4.35. The molecule has 0 bridgehead atoms. The van der Waals surface area contributed by atoms with Crippen LogP contribution in [0.25, 0.3) is 0 Å². The number of carbonyl (C=O) groups is 1. The number of hydrogen-bond acceptors (Lipinski definition) is 7. The van der Waals surface area contributed by atoms with Crippen LogP contribution in [0.5, 0.6) is 0 Å². The molecule has 3 fully saturated rings. The molecule has 1 aromatic heterocycles. The van der Waals surface area contributed by atoms with Crippen LogP contribution in [0.1, 0.15) is 12.8 Å². The summed E-state index contributed by atoms with van der Waals surface area (Å²) < 4.78 is 6.10. The fourth-order valence-corrected chi connectivity index (χ4v) is 4.35. The second kappa shape index (κ2) is 8.08. The van der Waals surface area contributed by atoms with E-state index in [9.17, 15) is 4.79 Å². The van der Waals surface area contributed by atoms with E-state index in [-0.39, 0.29) is 11.5 Å². The Hall–Kier alpha value is -1.77. The molecule has 8 nitrogen and oxygen atoms in total. The third-order valence-corrected chi connectivity index (χ3v) is 6.03. The number of carbonyl (C=O) groups excluding carboxylic acids is 1. The third kappa shape index (κ3) is 4.39. The second-order valence-electron chi connectivity index (χ2n) is 7.96. The summed E-state index contributed by atoms with van der Waals surface area (Å²) in [4.78, 5) is 30.2. The smallest absolute Gasteiger partial charge is 0.236 e. The van der Waals surface area contributed by atoms with Gasteiger partial charge in [0.15, 0.2) is 0 Å². The van der Waals surface area contributed by atoms with Gasteiger partial charge in [-0.25, -0.2) is 9.97 Å². The normalized spacial score (nSPS) is 24.3. The highest BCUT2D eigenvalue weighted by molar-refractivity contribution is 5.78. The minimum absolute atomic E-state index is 0.0366. The van der Waals surface area contributed by atoms with Gasteiger partial charge in [0.2, 0.25) is 11.9 Å². The molecule has 3 aliphatic heterocycles. The van der Waals surface area contributed by atoms with Crippen molar-refractivity contribution in [2.24, 2.45) is 0 Å². The van der Waals surface area contributed by atoms with Crippen LogP contribution in [0.3, 0.4) is 0 Å². The number of piperazine rings is 1. The lowest BCUT2D eigenvalue weighted by molar-refractivity contribution is -0.149. The summed E-state index contributed by atoms with van der Waals surface area (Å²) in [6.45, 7) is 8.39. The first kappa shape index (κ1) is 18.6. The molecule has 3 aliphatic rings. The van der Waals surface area contributed by atoms with Crippen molar-refractivity contribution >= 4 is 11.9 Å². The molecule has 1 spiro atoms. The molecule has 0 aliphatic carbocycles. The minimum atomic E-state index is -0.0366. The van der Waals surface area contributed by atoms with E-state index in [2.05, 4.69) is 31.7 Å². The Morgan fingerprint density at radius 1 is 1.07 bits per heavy atom. The van der Waals surface area contributed by atoms with Gasteiger partial charge in [-0.2, -0.15) is 0 Å². The van der Waals surface area contributed by atoms with Gasteiger partial charge in [0, 0.05) is 64.8 Å². The van der Waals surface area contributed by atoms with Crippen LogP contribution < -0.4 is 4.90 Å². The highest BCUT2D eigenvalue weighted by Crippen LogP contribution is 2.29. The molecule has 3 saturated heterocycles. The molecule has 0 radical (unpaired) electrons. The first-order valence-electron chi connectivity index (χ1n) is 9.98. The summed E-state index contributed by atoms with van der Waals surface area (Å²) in [6, 6.07) is 1.83. The van der Waals surface area contributed by atoms with E-state index in [1.54, 1.807) is 12.4 Å². The highest BCUT2D eigenvalue weighted by atomic mass is 16.5. The fraction of sp³-hybridized carbons (Fsp3) is 0.737. The van der Waals surface area contributed by atoms with E-state index in [0.717, 1.165) is 77.8 Å². The highest BCUT2D eigenvalue weighted by Gasteiger charge is 2.39. The maximum atomic E-state index is 12.7. The Kier molecular flexibility index (Phi) is 5.56. The van der Waals surface area contributed by atoms with Crippen LogP contribution in [0.15, 0.2) is 18.5 Å². The van der Waals surface area contributed by atoms with Gasteiger partial charge >= 0.3 is 0 Å². The standard InChI is InChI=1S/C19H30N6O2/c1-22-13-14-27-19(16-22)3-7-24(8-4-19)17(26)15-23-9-11-25(12-10-23)18-20-5-2-6-21-18/h2,5-6H,3-4,7-16H2,1H3. The molecule has 8 heteroatoms. The first-order chi connectivity index (χ1) is 13.1. The summed E-state index contributed by atoms with van der Waals surface area (Å²) in [5.74, 6) is 1.03. The number of anilines is 1. The van der Waals surface area contributed by atoms with Crippen molar-refractivity contribution in [2.75, 3.05) is 77.5 Å². The number of nitrogens with zero attached hydrogens (tertiary/aromatic N) is 6. The Morgan fingerprint density at radius 3 is 2.44 bits per heavy atom. The maximum absolute atomic E-state index is 12.7. The van der Waals surface area contributed by atoms with E-state index < -0.39 is 0 Å². The molecule has 0 saturated carbocycles. The van der Waals surface area contributed by atoms with Crippen molar-refractivity contribution in [2.45, 2.75) is 18.4 Å². The number of piperidine rings is 1. The zero-order valence-electron chi connectivity index (χ0n) is 16.2. The van der Waals surface area contributed by atoms with Crippen LogP contribution in [0.2, 0.25) is 0 Å². The van der Waals surface area contributed by atoms with Gasteiger partial charge in [-0.15, -0.1) is 0 Å². The van der Waals surface area contributed by atoms with Crippen LogP contribution >= 0.6 is 0 Å². The zero-order chi connectivity index (χ0) is 18.7. The topological polar surface area (TPSA) is 65.0 Å². The number of likely N-dealkylation sites (tertiary alicyclic amines) is 1. The molecular weight excluding hydrogens is 344 g/mol. The first-order valence-corrected chi connectivity index (χ1v) is 9.98. The van der Waals surface area contributed by atoms with E-state index in [1.165, 1.54) is 0 Å². The number of morpholine rings is 1. The average Bonchev–Trinajstić information content (AvgIpc) is 2.70. The Morgan fingerprint density at radius 2 is 1.78 bits per heavy atom. The Labute approximate surface area is 161 Å². The van der Waals surface area contributed by atoms with Gasteiger partial charge in [0.25, 0.3) is 0 Å². The summed E-state index contributed by atoms with van der Waals surface area (Å²) in [5, 5.41) is 0. The van der Waals surface area contributed by atoms with Gasteiger partial charge in [-0.1, -0.05) is 0 Å². The number of likely N-dealkylation sites (N-methyl/N-ethyl adjacent to an activating group) is 1. The van der Waals surface area contributed by atoms with Gasteiger partial charge in [0.05, 0.1) is 18.8 Å². The molecule has 4 heterocycles. The molecule has 0 N–H and O–H groups in total. The van der Waals surface area contributed by atoms with E-state index in [0.29, 0.717) is 6.54 Å². The molecule has 0 atom stereocenters. The van der Waals surface area contributed by atoms with Crippen molar-refractivity contribution in [3.63, 3.8) is 0 Å². The van der Waals surface area contributed by atoms with Gasteiger partial charge in [-0.3, -0.25) is 9.69 Å². The molecular formula is C19H30N6O2. The lowest BCUT2D eigenvalue weighted by atomic mass is 9.89. The van der Waals surface area contributed by atoms with Crippen LogP contribution in [0.4, 0.5) is 5.95 Å². The Bertz CT molecular complexity index is 626. The van der Waals surface area contributed by atoms with E-state index >= 15 is 0 Å². The van der Waals surface area contributed by atoms with Gasteiger partial charge in [-0.05, 0) is 26.0 Å². The van der Waals surface area contributed by atoms with E-state index in [4.69, 9.17) is 4.74 Å². The largest absolute Gasteiger partial charge is 0.372 e. The predicted octanol–water partition coefficient (Wildman–Crippen LogP) is -0.0782. The average molecular weight is 374 g/mol. The Balaban J connectivity index is 1.22. The van der Waals surface area contributed by atoms with Crippen molar-refractivity contribution in [1.29, 1.82) is 0 Å². The summed E-state index contributed by atoms with van der Waals surface area (Å²) in [6.07, 6.45) is 5.44. The number of aromatic nitrogens is 2. The van der Waals surface area contributed by atoms with Crippen LogP contribution in [-0.2, 0) is 9.53 Å². The predicted molar refractivity (Wildman–Crippen MR) is 103 cm³/mol. The molecule has 4 rings (SSSR count). The molecule has 1 amide bonds. The number of rotatable bonds is 3. The van der Waals surface area contributed by atoms with Crippen molar-refractivity contribution in [3.8, 4) is 0 Å². The molecule has 0 aromatic carbocycles. The molecule has 27 heavy (non-hydrogen) atoms. The lowest BCUT2D eigenvalue weighted by Crippen LogP contribution is -2.58. The van der Waals surface area contributed by atoms with E-state index in [1.807, 2.05) is 11.0 Å². The van der Waals surface area contributed by atoms with Gasteiger partial charge < -0.3 is 19.4 Å².